The maximum Gasteiger partial charge on any atom is 0.275 e. The van der Waals surface area contributed by atoms with Gasteiger partial charge in [0.25, 0.3) is 5.91 Å². The molecule has 1 aromatic heterocycles. The van der Waals surface area contributed by atoms with E-state index in [0.717, 1.165) is 19.5 Å². The van der Waals surface area contributed by atoms with Crippen LogP contribution in [0, 0.1) is 5.92 Å². The molecule has 1 amide bonds. The van der Waals surface area contributed by atoms with Crippen molar-refractivity contribution >= 4 is 5.91 Å². The summed E-state index contributed by atoms with van der Waals surface area (Å²) in [5.41, 5.74) is 9.08. The second-order valence-corrected chi connectivity index (χ2v) is 8.53. The van der Waals surface area contributed by atoms with Crippen LogP contribution in [0.1, 0.15) is 59.9 Å². The van der Waals surface area contributed by atoms with Crippen molar-refractivity contribution in [2.24, 2.45) is 11.7 Å². The fraction of sp³-hybridized carbons (Fsp3) is 0.385. The largest absolute Gasteiger partial charge is 0.446 e. The van der Waals surface area contributed by atoms with Gasteiger partial charge in [0.15, 0.2) is 5.69 Å². The van der Waals surface area contributed by atoms with Crippen LogP contribution < -0.4 is 5.73 Å². The lowest BCUT2D eigenvalue weighted by molar-refractivity contribution is 0.0591. The van der Waals surface area contributed by atoms with Crippen LogP contribution in [0.4, 0.5) is 0 Å². The molecule has 1 aliphatic rings. The topological polar surface area (TPSA) is 75.6 Å². The number of nitrogens with zero attached hydrogens (tertiary/aromatic N) is 3. The maximum absolute atomic E-state index is 13.0. The normalized spacial score (nSPS) is 16.8. The Kier molecular flexibility index (Phi) is 7.02. The Hall–Kier alpha value is -2.96. The van der Waals surface area contributed by atoms with Crippen LogP contribution in [0.2, 0.25) is 0 Å². The summed E-state index contributed by atoms with van der Waals surface area (Å²) in [6.07, 6.45) is 2.38. The average Bonchev–Trinajstić information content (AvgIpc) is 3.35. The number of aromatic nitrogens is 1. The molecular weight excluding hydrogens is 400 g/mol. The number of rotatable bonds is 7. The molecule has 168 valence electrons. The minimum absolute atomic E-state index is 0.0908. The van der Waals surface area contributed by atoms with Crippen molar-refractivity contribution in [1.82, 2.24) is 14.8 Å². The van der Waals surface area contributed by atoms with Crippen molar-refractivity contribution in [1.29, 1.82) is 0 Å². The minimum Gasteiger partial charge on any atom is -0.446 e. The Morgan fingerprint density at radius 2 is 1.56 bits per heavy atom. The first-order valence-electron chi connectivity index (χ1n) is 11.4. The lowest BCUT2D eigenvalue weighted by Gasteiger charge is -2.39. The van der Waals surface area contributed by atoms with Crippen LogP contribution >= 0.6 is 0 Å². The van der Waals surface area contributed by atoms with E-state index in [1.165, 1.54) is 17.4 Å². The molecule has 3 aromatic rings. The third-order valence-electron chi connectivity index (χ3n) is 6.48. The Labute approximate surface area is 190 Å². The highest BCUT2D eigenvalue weighted by molar-refractivity contribution is 5.92. The van der Waals surface area contributed by atoms with Gasteiger partial charge in [-0.1, -0.05) is 80.9 Å². The zero-order valence-electron chi connectivity index (χ0n) is 18.9. The van der Waals surface area contributed by atoms with E-state index in [9.17, 15) is 4.79 Å². The van der Waals surface area contributed by atoms with Crippen LogP contribution in [0.3, 0.4) is 0 Å². The van der Waals surface area contributed by atoms with Gasteiger partial charge in [-0.2, -0.15) is 0 Å². The first kappa shape index (κ1) is 22.2. The van der Waals surface area contributed by atoms with Gasteiger partial charge in [0.1, 0.15) is 6.26 Å². The number of hydrogen-bond acceptors (Lipinski definition) is 5. The van der Waals surface area contributed by atoms with Crippen LogP contribution in [0.25, 0.3) is 0 Å². The highest BCUT2D eigenvalue weighted by Gasteiger charge is 2.30. The van der Waals surface area contributed by atoms with E-state index < -0.39 is 0 Å². The summed E-state index contributed by atoms with van der Waals surface area (Å²) in [6, 6.07) is 21.0. The fourth-order valence-corrected chi connectivity index (χ4v) is 4.27. The molecule has 1 saturated heterocycles. The van der Waals surface area contributed by atoms with Gasteiger partial charge in [0, 0.05) is 26.2 Å². The summed E-state index contributed by atoms with van der Waals surface area (Å²) in [5.74, 6) is 0.592. The summed E-state index contributed by atoms with van der Waals surface area (Å²) in [4.78, 5) is 21.7. The van der Waals surface area contributed by atoms with E-state index in [4.69, 9.17) is 10.2 Å². The molecule has 0 radical (unpaired) electrons. The predicted molar refractivity (Wildman–Crippen MR) is 125 cm³/mol. The first-order valence-corrected chi connectivity index (χ1v) is 11.4. The molecule has 0 saturated carbocycles. The maximum atomic E-state index is 13.0. The number of nitrogens with two attached hydrogens (primary N) is 1. The molecular formula is C26H32N4O2. The molecule has 2 atom stereocenters. The molecule has 32 heavy (non-hydrogen) atoms. The third kappa shape index (κ3) is 4.76. The van der Waals surface area contributed by atoms with E-state index in [0.29, 0.717) is 24.7 Å². The van der Waals surface area contributed by atoms with Gasteiger partial charge in [-0.05, 0) is 17.0 Å². The lowest BCUT2D eigenvalue weighted by Crippen LogP contribution is -2.50. The summed E-state index contributed by atoms with van der Waals surface area (Å²) < 4.78 is 5.54. The number of oxazole rings is 1. The van der Waals surface area contributed by atoms with Crippen molar-refractivity contribution in [3.05, 3.63) is 89.6 Å². The zero-order chi connectivity index (χ0) is 22.5. The molecule has 2 heterocycles. The number of carbonyl (C=O) groups excluding carboxylic acids is 1. The van der Waals surface area contributed by atoms with Crippen LogP contribution in [0.15, 0.2) is 71.3 Å². The molecule has 0 bridgehead atoms. The second kappa shape index (κ2) is 10.1. The zero-order valence-corrected chi connectivity index (χ0v) is 18.9. The average molecular weight is 433 g/mol. The molecule has 0 aliphatic carbocycles. The van der Waals surface area contributed by atoms with Crippen molar-refractivity contribution in [3.63, 3.8) is 0 Å². The van der Waals surface area contributed by atoms with Crippen LogP contribution in [-0.2, 0) is 0 Å². The Bertz CT molecular complexity index is 957. The lowest BCUT2D eigenvalue weighted by atomic mass is 9.96. The molecule has 4 rings (SSSR count). The quantitative estimate of drug-likeness (QED) is 0.603. The number of benzene rings is 2. The van der Waals surface area contributed by atoms with Crippen LogP contribution in [0.5, 0.6) is 0 Å². The smallest absolute Gasteiger partial charge is 0.275 e. The highest BCUT2D eigenvalue weighted by Crippen LogP contribution is 2.29. The summed E-state index contributed by atoms with van der Waals surface area (Å²) >= 11 is 0. The van der Waals surface area contributed by atoms with E-state index >= 15 is 0 Å². The molecule has 2 N–H and O–H groups in total. The van der Waals surface area contributed by atoms with Gasteiger partial charge in [-0.15, -0.1) is 0 Å². The molecule has 0 spiro atoms. The summed E-state index contributed by atoms with van der Waals surface area (Å²) in [5, 5.41) is 0. The molecule has 1 fully saturated rings. The molecule has 6 nitrogen and oxygen atoms in total. The second-order valence-electron chi connectivity index (χ2n) is 8.53. The van der Waals surface area contributed by atoms with E-state index in [2.05, 4.69) is 72.3 Å². The van der Waals surface area contributed by atoms with Gasteiger partial charge in [0.05, 0.1) is 12.1 Å². The van der Waals surface area contributed by atoms with Gasteiger partial charge < -0.3 is 15.1 Å². The number of amides is 1. The summed E-state index contributed by atoms with van der Waals surface area (Å²) in [7, 11) is 0. The van der Waals surface area contributed by atoms with Gasteiger partial charge in [-0.25, -0.2) is 4.98 Å². The number of carbonyl (C=O) groups is 1. The van der Waals surface area contributed by atoms with Crippen molar-refractivity contribution < 1.29 is 9.21 Å². The van der Waals surface area contributed by atoms with Gasteiger partial charge in [0.2, 0.25) is 5.89 Å². The van der Waals surface area contributed by atoms with E-state index in [1.54, 1.807) is 0 Å². The molecule has 2 unspecified atom stereocenters. The van der Waals surface area contributed by atoms with Crippen molar-refractivity contribution in [2.45, 2.75) is 32.4 Å². The standard InChI is InChI=1S/C26H32N4O2/c1-3-19(2)23(27)25-28-22(18-32-25)26(31)30-16-14-29(15-17-30)24(20-10-6-4-7-11-20)21-12-8-5-9-13-21/h4-13,18-19,23-24H,3,14-17,27H2,1-2H3. The molecule has 6 heteroatoms. The monoisotopic (exact) mass is 432 g/mol. The Balaban J connectivity index is 1.45. The van der Waals surface area contributed by atoms with E-state index in [-0.39, 0.29) is 23.9 Å². The van der Waals surface area contributed by atoms with Crippen LogP contribution in [-0.4, -0.2) is 46.9 Å². The fourth-order valence-electron chi connectivity index (χ4n) is 4.27. The first-order chi connectivity index (χ1) is 15.6. The number of hydrogen-bond donors (Lipinski definition) is 1. The van der Waals surface area contributed by atoms with Gasteiger partial charge in [-0.3, -0.25) is 9.69 Å². The minimum atomic E-state index is -0.295. The summed E-state index contributed by atoms with van der Waals surface area (Å²) in [6.45, 7) is 7.01. The molecule has 1 aliphatic heterocycles. The van der Waals surface area contributed by atoms with E-state index in [1.807, 2.05) is 17.0 Å². The Morgan fingerprint density at radius 3 is 2.09 bits per heavy atom. The third-order valence-corrected chi connectivity index (χ3v) is 6.48. The highest BCUT2D eigenvalue weighted by atomic mass is 16.3. The van der Waals surface area contributed by atoms with Crippen molar-refractivity contribution in [3.8, 4) is 0 Å². The Morgan fingerprint density at radius 1 is 1.00 bits per heavy atom. The predicted octanol–water partition coefficient (Wildman–Crippen LogP) is 4.27. The molecule has 2 aromatic carbocycles. The number of piperazine rings is 1. The van der Waals surface area contributed by atoms with Crippen molar-refractivity contribution in [2.75, 3.05) is 26.2 Å². The SMILES string of the molecule is CCC(C)C(N)c1nc(C(=O)N2CCN(C(c3ccccc3)c3ccccc3)CC2)co1. The van der Waals surface area contributed by atoms with Gasteiger partial charge >= 0.3 is 0 Å².